The molecule has 1 aromatic carbocycles. The standard InChI is InChI=1S/C22H30N6O/c1-2-21(29)28(18-6-4-3-5-7-18)19-9-14-26(15-10-19)20-8-11-24-22(25-20)27-16-12-23-13-17-27/h3-8,11,19,23H,2,9-10,12-17H2,1H3. The van der Waals surface area contributed by atoms with E-state index in [1.807, 2.05) is 54.4 Å². The molecule has 1 N–H and O–H groups in total. The Hall–Kier alpha value is -2.67. The minimum atomic E-state index is 0.192. The fourth-order valence-corrected chi connectivity index (χ4v) is 4.20. The van der Waals surface area contributed by atoms with Crippen LogP contribution in [-0.4, -0.2) is 61.2 Å². The zero-order valence-corrected chi connectivity index (χ0v) is 17.1. The monoisotopic (exact) mass is 394 g/mol. The number of anilines is 3. The van der Waals surface area contributed by atoms with Crippen LogP contribution in [0.3, 0.4) is 0 Å². The van der Waals surface area contributed by atoms with Crippen molar-refractivity contribution in [2.75, 3.05) is 54.0 Å². The van der Waals surface area contributed by atoms with E-state index in [1.54, 1.807) is 0 Å². The van der Waals surface area contributed by atoms with E-state index in [0.717, 1.165) is 69.6 Å². The second-order valence-corrected chi connectivity index (χ2v) is 7.62. The normalized spacial score (nSPS) is 18.0. The first-order valence-corrected chi connectivity index (χ1v) is 10.7. The number of piperazine rings is 1. The Balaban J connectivity index is 1.44. The Labute approximate surface area is 172 Å². The lowest BCUT2D eigenvalue weighted by atomic mass is 10.0. The summed E-state index contributed by atoms with van der Waals surface area (Å²) in [6.07, 6.45) is 4.26. The zero-order valence-electron chi connectivity index (χ0n) is 17.1. The number of nitrogens with zero attached hydrogens (tertiary/aromatic N) is 5. The van der Waals surface area contributed by atoms with E-state index >= 15 is 0 Å². The lowest BCUT2D eigenvalue weighted by molar-refractivity contribution is -0.118. The van der Waals surface area contributed by atoms with Gasteiger partial charge in [0.15, 0.2) is 0 Å². The number of hydrogen-bond donors (Lipinski definition) is 1. The molecule has 0 bridgehead atoms. The van der Waals surface area contributed by atoms with Gasteiger partial charge in [0.05, 0.1) is 0 Å². The van der Waals surface area contributed by atoms with Crippen LogP contribution in [0.4, 0.5) is 17.5 Å². The number of nitrogens with one attached hydrogen (secondary N) is 1. The zero-order chi connectivity index (χ0) is 20.1. The van der Waals surface area contributed by atoms with E-state index in [1.165, 1.54) is 0 Å². The summed E-state index contributed by atoms with van der Waals surface area (Å²) in [7, 11) is 0. The predicted molar refractivity (Wildman–Crippen MR) is 117 cm³/mol. The van der Waals surface area contributed by atoms with Crippen molar-refractivity contribution in [1.29, 1.82) is 0 Å². The number of aromatic nitrogens is 2. The van der Waals surface area contributed by atoms with E-state index in [-0.39, 0.29) is 11.9 Å². The lowest BCUT2D eigenvalue weighted by Crippen LogP contribution is -2.48. The summed E-state index contributed by atoms with van der Waals surface area (Å²) in [5.41, 5.74) is 1.00. The van der Waals surface area contributed by atoms with Crippen molar-refractivity contribution in [1.82, 2.24) is 15.3 Å². The van der Waals surface area contributed by atoms with Gasteiger partial charge in [-0.05, 0) is 31.0 Å². The molecule has 2 saturated heterocycles. The Morgan fingerprint density at radius 2 is 1.79 bits per heavy atom. The average molecular weight is 395 g/mol. The molecule has 2 aromatic rings. The summed E-state index contributed by atoms with van der Waals surface area (Å²) in [6.45, 7) is 7.55. The van der Waals surface area contributed by atoms with Gasteiger partial charge in [-0.1, -0.05) is 25.1 Å². The van der Waals surface area contributed by atoms with E-state index in [0.29, 0.717) is 6.42 Å². The maximum atomic E-state index is 12.7. The van der Waals surface area contributed by atoms with Crippen molar-refractivity contribution in [2.45, 2.75) is 32.2 Å². The van der Waals surface area contributed by atoms with Crippen LogP contribution in [0.5, 0.6) is 0 Å². The first-order chi connectivity index (χ1) is 14.3. The summed E-state index contributed by atoms with van der Waals surface area (Å²) in [5.74, 6) is 2.00. The molecule has 2 aliphatic heterocycles. The van der Waals surface area contributed by atoms with E-state index in [2.05, 4.69) is 20.1 Å². The average Bonchev–Trinajstić information content (AvgIpc) is 2.81. The minimum Gasteiger partial charge on any atom is -0.356 e. The summed E-state index contributed by atoms with van der Waals surface area (Å²) in [4.78, 5) is 28.5. The number of carbonyl (C=O) groups is 1. The van der Waals surface area contributed by atoms with Gasteiger partial charge in [-0.25, -0.2) is 4.98 Å². The number of benzene rings is 1. The molecule has 3 heterocycles. The van der Waals surface area contributed by atoms with Crippen LogP contribution in [0.1, 0.15) is 26.2 Å². The predicted octanol–water partition coefficient (Wildman–Crippen LogP) is 2.30. The fourth-order valence-electron chi connectivity index (χ4n) is 4.20. The summed E-state index contributed by atoms with van der Waals surface area (Å²) < 4.78 is 0. The molecular formula is C22H30N6O. The van der Waals surface area contributed by atoms with Gasteiger partial charge in [-0.15, -0.1) is 0 Å². The molecular weight excluding hydrogens is 364 g/mol. The molecule has 1 amide bonds. The second-order valence-electron chi connectivity index (χ2n) is 7.62. The van der Waals surface area contributed by atoms with Crippen LogP contribution in [-0.2, 0) is 4.79 Å². The highest BCUT2D eigenvalue weighted by Gasteiger charge is 2.29. The maximum absolute atomic E-state index is 12.7. The summed E-state index contributed by atoms with van der Waals surface area (Å²) >= 11 is 0. The third kappa shape index (κ3) is 4.50. The molecule has 0 unspecified atom stereocenters. The summed E-state index contributed by atoms with van der Waals surface area (Å²) in [6, 6.07) is 12.3. The van der Waals surface area contributed by atoms with Crippen molar-refractivity contribution >= 4 is 23.4 Å². The smallest absolute Gasteiger partial charge is 0.227 e. The minimum absolute atomic E-state index is 0.192. The topological polar surface area (TPSA) is 64.6 Å². The van der Waals surface area contributed by atoms with Gasteiger partial charge in [0.2, 0.25) is 11.9 Å². The van der Waals surface area contributed by atoms with Gasteiger partial charge < -0.3 is 20.0 Å². The first-order valence-electron chi connectivity index (χ1n) is 10.7. The number of rotatable bonds is 5. The Kier molecular flexibility index (Phi) is 6.24. The third-order valence-electron chi connectivity index (χ3n) is 5.79. The number of piperidine rings is 1. The van der Waals surface area contributed by atoms with Gasteiger partial charge >= 0.3 is 0 Å². The maximum Gasteiger partial charge on any atom is 0.227 e. The van der Waals surface area contributed by atoms with E-state index in [4.69, 9.17) is 4.98 Å². The SMILES string of the molecule is CCC(=O)N(c1ccccc1)C1CCN(c2ccnc(N3CCNCC3)n2)CC1. The highest BCUT2D eigenvalue weighted by atomic mass is 16.2. The Morgan fingerprint density at radius 3 is 2.48 bits per heavy atom. The van der Waals surface area contributed by atoms with Crippen molar-refractivity contribution in [3.05, 3.63) is 42.6 Å². The van der Waals surface area contributed by atoms with Crippen molar-refractivity contribution in [3.8, 4) is 0 Å². The molecule has 0 spiro atoms. The number of amides is 1. The lowest BCUT2D eigenvalue weighted by Gasteiger charge is -2.39. The third-order valence-corrected chi connectivity index (χ3v) is 5.79. The number of carbonyl (C=O) groups excluding carboxylic acids is 1. The van der Waals surface area contributed by atoms with Crippen molar-refractivity contribution < 1.29 is 4.79 Å². The van der Waals surface area contributed by atoms with Crippen LogP contribution in [0.25, 0.3) is 0 Å². The molecule has 0 radical (unpaired) electrons. The van der Waals surface area contributed by atoms with Crippen LogP contribution < -0.4 is 20.0 Å². The molecule has 2 fully saturated rings. The first kappa shape index (κ1) is 19.6. The molecule has 29 heavy (non-hydrogen) atoms. The van der Waals surface area contributed by atoms with E-state index in [9.17, 15) is 4.79 Å². The molecule has 154 valence electrons. The molecule has 4 rings (SSSR count). The van der Waals surface area contributed by atoms with Crippen LogP contribution in [0.15, 0.2) is 42.6 Å². The Morgan fingerprint density at radius 1 is 1.07 bits per heavy atom. The molecule has 7 nitrogen and oxygen atoms in total. The van der Waals surface area contributed by atoms with Crippen molar-refractivity contribution in [3.63, 3.8) is 0 Å². The van der Waals surface area contributed by atoms with Gasteiger partial charge in [-0.2, -0.15) is 4.98 Å². The fraction of sp³-hybridized carbons (Fsp3) is 0.500. The summed E-state index contributed by atoms with van der Waals surface area (Å²) in [5, 5.41) is 3.37. The van der Waals surface area contributed by atoms with Crippen LogP contribution in [0.2, 0.25) is 0 Å². The molecule has 1 aromatic heterocycles. The number of hydrogen-bond acceptors (Lipinski definition) is 6. The molecule has 0 atom stereocenters. The highest BCUT2D eigenvalue weighted by Crippen LogP contribution is 2.27. The quantitative estimate of drug-likeness (QED) is 0.840. The van der Waals surface area contributed by atoms with Gasteiger partial charge in [-0.3, -0.25) is 4.79 Å². The number of para-hydroxylation sites is 1. The highest BCUT2D eigenvalue weighted by molar-refractivity contribution is 5.93. The molecule has 0 aliphatic carbocycles. The van der Waals surface area contributed by atoms with Gasteiger partial charge in [0.25, 0.3) is 0 Å². The second kappa shape index (κ2) is 9.22. The van der Waals surface area contributed by atoms with E-state index < -0.39 is 0 Å². The molecule has 7 heteroatoms. The molecule has 2 aliphatic rings. The van der Waals surface area contributed by atoms with Crippen LogP contribution >= 0.6 is 0 Å². The molecule has 0 saturated carbocycles. The largest absolute Gasteiger partial charge is 0.356 e. The van der Waals surface area contributed by atoms with Crippen molar-refractivity contribution in [2.24, 2.45) is 0 Å². The van der Waals surface area contributed by atoms with Crippen LogP contribution in [0, 0.1) is 0 Å². The van der Waals surface area contributed by atoms with Gasteiger partial charge in [0, 0.05) is 63.6 Å². The Bertz CT molecular complexity index is 800. The van der Waals surface area contributed by atoms with Gasteiger partial charge in [0.1, 0.15) is 5.82 Å².